The van der Waals surface area contributed by atoms with Crippen LogP contribution in [0.15, 0.2) is 18.2 Å². The number of aliphatic hydroxyl groups excluding tert-OH is 1. The minimum Gasteiger partial charge on any atom is -0.508 e. The van der Waals surface area contributed by atoms with Gasteiger partial charge >= 0.3 is 0 Å². The van der Waals surface area contributed by atoms with Crippen molar-refractivity contribution in [1.82, 2.24) is 4.90 Å². The van der Waals surface area contributed by atoms with Crippen molar-refractivity contribution < 1.29 is 24.1 Å². The number of amides is 1. The van der Waals surface area contributed by atoms with E-state index in [0.717, 1.165) is 62.6 Å². The standard InChI is InChI=1S/C34H52FNO4/c1-34-22-29(35)33-27-13-12-26(37)21-25(27)20-24(32(33)28(34)14-15-30(34)38)10-6-7-17-36(18-19-40-2)31(39)16-11-23-8-4-3-5-9-23/h12-13,21,23-24,28-30,32-33,37-38H,3-11,14-20,22H2,1-2H3/t24?,28?,29?,30?,32?,33?,34-/m0/s1. The van der Waals surface area contributed by atoms with Crippen LogP contribution in [-0.2, 0) is 16.0 Å². The van der Waals surface area contributed by atoms with Crippen molar-refractivity contribution in [3.05, 3.63) is 29.3 Å². The van der Waals surface area contributed by atoms with Crippen molar-refractivity contribution in [3.63, 3.8) is 0 Å². The second kappa shape index (κ2) is 13.1. The molecule has 5 nitrogen and oxygen atoms in total. The van der Waals surface area contributed by atoms with Crippen LogP contribution in [0.4, 0.5) is 4.39 Å². The summed E-state index contributed by atoms with van der Waals surface area (Å²) in [5, 5.41) is 21.1. The molecule has 6 heteroatoms. The van der Waals surface area contributed by atoms with Crippen LogP contribution < -0.4 is 0 Å². The first-order valence-corrected chi connectivity index (χ1v) is 16.2. The number of phenols is 1. The Morgan fingerprint density at radius 2 is 1.90 bits per heavy atom. The summed E-state index contributed by atoms with van der Waals surface area (Å²) in [5.41, 5.74) is 1.81. The van der Waals surface area contributed by atoms with Crippen molar-refractivity contribution >= 4 is 5.91 Å². The number of fused-ring (bicyclic) bond motifs is 5. The number of hydrogen-bond donors (Lipinski definition) is 2. The van der Waals surface area contributed by atoms with Gasteiger partial charge in [-0.05, 0) is 97.3 Å². The average molecular weight is 558 g/mol. The lowest BCUT2D eigenvalue weighted by atomic mass is 9.51. The molecule has 224 valence electrons. The van der Waals surface area contributed by atoms with Crippen molar-refractivity contribution in [2.24, 2.45) is 29.1 Å². The molecule has 0 spiro atoms. The molecule has 0 saturated heterocycles. The van der Waals surface area contributed by atoms with Crippen LogP contribution >= 0.6 is 0 Å². The Morgan fingerprint density at radius 3 is 2.67 bits per heavy atom. The third-order valence-corrected chi connectivity index (χ3v) is 11.4. The van der Waals surface area contributed by atoms with Gasteiger partial charge in [0.2, 0.25) is 5.91 Å². The zero-order valence-corrected chi connectivity index (χ0v) is 24.8. The van der Waals surface area contributed by atoms with Crippen molar-refractivity contribution in [1.29, 1.82) is 0 Å². The van der Waals surface area contributed by atoms with Gasteiger partial charge in [-0.15, -0.1) is 0 Å². The van der Waals surface area contributed by atoms with Crippen LogP contribution in [0.3, 0.4) is 0 Å². The Bertz CT molecular complexity index is 996. The summed E-state index contributed by atoms with van der Waals surface area (Å²) in [4.78, 5) is 15.2. The SMILES string of the molecule is COCCN(CCCCC1Cc2cc(O)ccc2C2C(F)C[C@]3(C)C(O)CCC3C12)C(=O)CCC1CCCCC1. The Balaban J connectivity index is 1.23. The van der Waals surface area contributed by atoms with Gasteiger partial charge in [0, 0.05) is 32.5 Å². The number of alkyl halides is 1. The minimum atomic E-state index is -0.976. The van der Waals surface area contributed by atoms with E-state index in [1.807, 2.05) is 17.0 Å². The summed E-state index contributed by atoms with van der Waals surface area (Å²) in [6, 6.07) is 5.51. The Hall–Kier alpha value is -1.66. The average Bonchev–Trinajstić information content (AvgIpc) is 3.24. The summed E-state index contributed by atoms with van der Waals surface area (Å²) >= 11 is 0. The second-order valence-corrected chi connectivity index (χ2v) is 13.8. The highest BCUT2D eigenvalue weighted by Gasteiger charge is 2.59. The van der Waals surface area contributed by atoms with E-state index in [2.05, 4.69) is 6.92 Å². The van der Waals surface area contributed by atoms with E-state index in [4.69, 9.17) is 4.74 Å². The molecule has 6 unspecified atom stereocenters. The number of rotatable bonds is 11. The number of aliphatic hydroxyl groups is 1. The third kappa shape index (κ3) is 6.23. The maximum Gasteiger partial charge on any atom is 0.222 e. The van der Waals surface area contributed by atoms with Gasteiger partial charge in [0.05, 0.1) is 12.7 Å². The predicted molar refractivity (Wildman–Crippen MR) is 156 cm³/mol. The molecule has 0 heterocycles. The molecule has 0 bridgehead atoms. The number of benzene rings is 1. The van der Waals surface area contributed by atoms with Gasteiger partial charge in [-0.2, -0.15) is 0 Å². The largest absolute Gasteiger partial charge is 0.508 e. The molecule has 0 aromatic heterocycles. The lowest BCUT2D eigenvalue weighted by Crippen LogP contribution is -2.51. The molecular weight excluding hydrogens is 505 g/mol. The van der Waals surface area contributed by atoms with Gasteiger partial charge in [0.25, 0.3) is 0 Å². The fraction of sp³-hybridized carbons (Fsp3) is 0.794. The predicted octanol–water partition coefficient (Wildman–Crippen LogP) is 6.79. The second-order valence-electron chi connectivity index (χ2n) is 13.8. The van der Waals surface area contributed by atoms with Gasteiger partial charge in [-0.25, -0.2) is 4.39 Å². The van der Waals surface area contributed by atoms with Crippen LogP contribution in [0, 0.1) is 29.1 Å². The summed E-state index contributed by atoms with van der Waals surface area (Å²) in [5.74, 6) is 1.92. The Kier molecular flexibility index (Phi) is 9.77. The van der Waals surface area contributed by atoms with E-state index < -0.39 is 12.3 Å². The number of methoxy groups -OCH3 is 1. The van der Waals surface area contributed by atoms with E-state index in [-0.39, 0.29) is 28.9 Å². The minimum absolute atomic E-state index is 0.155. The highest BCUT2D eigenvalue weighted by atomic mass is 19.1. The van der Waals surface area contributed by atoms with E-state index in [0.29, 0.717) is 43.7 Å². The number of nitrogens with zero attached hydrogens (tertiary/aromatic N) is 1. The molecule has 1 aromatic carbocycles. The van der Waals surface area contributed by atoms with Gasteiger partial charge < -0.3 is 19.8 Å². The van der Waals surface area contributed by atoms with Crippen LogP contribution in [0.2, 0.25) is 0 Å². The molecule has 7 atom stereocenters. The van der Waals surface area contributed by atoms with Gasteiger partial charge in [-0.1, -0.05) is 51.5 Å². The Labute approximate surface area is 240 Å². The monoisotopic (exact) mass is 557 g/mol. The van der Waals surface area contributed by atoms with E-state index >= 15 is 4.39 Å². The molecule has 5 rings (SSSR count). The molecule has 2 N–H and O–H groups in total. The van der Waals surface area contributed by atoms with Gasteiger partial charge in [-0.3, -0.25) is 4.79 Å². The van der Waals surface area contributed by atoms with Crippen molar-refractivity contribution in [2.45, 2.75) is 115 Å². The molecule has 0 radical (unpaired) electrons. The molecule has 3 fully saturated rings. The maximum atomic E-state index is 16.0. The van der Waals surface area contributed by atoms with Gasteiger partial charge in [0.15, 0.2) is 0 Å². The first-order chi connectivity index (χ1) is 19.3. The molecule has 40 heavy (non-hydrogen) atoms. The van der Waals surface area contributed by atoms with E-state index in [9.17, 15) is 15.0 Å². The molecular formula is C34H52FNO4. The molecule has 1 aromatic rings. The number of halogens is 1. The summed E-state index contributed by atoms with van der Waals surface area (Å²) in [6.45, 7) is 4.07. The van der Waals surface area contributed by atoms with Crippen molar-refractivity contribution in [2.75, 3.05) is 26.8 Å². The van der Waals surface area contributed by atoms with Crippen LogP contribution in [0.1, 0.15) is 107 Å². The number of unbranched alkanes of at least 4 members (excludes halogenated alkanes) is 1. The number of aromatic hydroxyl groups is 1. The molecule has 4 aliphatic rings. The highest BCUT2D eigenvalue weighted by Crippen LogP contribution is 2.63. The van der Waals surface area contributed by atoms with Crippen LogP contribution in [0.5, 0.6) is 5.75 Å². The zero-order chi connectivity index (χ0) is 28.3. The van der Waals surface area contributed by atoms with Crippen LogP contribution in [-0.4, -0.2) is 60.1 Å². The number of carbonyl (C=O) groups is 1. The van der Waals surface area contributed by atoms with Crippen LogP contribution in [0.25, 0.3) is 0 Å². The smallest absolute Gasteiger partial charge is 0.222 e. The zero-order valence-electron chi connectivity index (χ0n) is 24.8. The lowest BCUT2D eigenvalue weighted by molar-refractivity contribution is -0.132. The molecule has 0 aliphatic heterocycles. The number of ether oxygens (including phenoxy) is 1. The third-order valence-electron chi connectivity index (χ3n) is 11.4. The van der Waals surface area contributed by atoms with Crippen molar-refractivity contribution in [3.8, 4) is 5.75 Å². The summed E-state index contributed by atoms with van der Waals surface area (Å²) < 4.78 is 21.3. The summed E-state index contributed by atoms with van der Waals surface area (Å²) in [7, 11) is 1.69. The number of phenolic OH excluding ortho intramolecular Hbond substituents is 1. The molecule has 4 aliphatic carbocycles. The first-order valence-electron chi connectivity index (χ1n) is 16.2. The lowest BCUT2D eigenvalue weighted by Gasteiger charge is -2.54. The Morgan fingerprint density at radius 1 is 1.10 bits per heavy atom. The highest BCUT2D eigenvalue weighted by molar-refractivity contribution is 5.76. The molecule has 1 amide bonds. The normalized spacial score (nSPS) is 33.7. The van der Waals surface area contributed by atoms with E-state index in [1.165, 1.54) is 32.1 Å². The molecule has 3 saturated carbocycles. The van der Waals surface area contributed by atoms with Gasteiger partial charge in [0.1, 0.15) is 11.9 Å². The first kappa shape index (κ1) is 29.8. The number of carbonyl (C=O) groups excluding carboxylic acids is 1. The van der Waals surface area contributed by atoms with E-state index in [1.54, 1.807) is 13.2 Å². The fourth-order valence-corrected chi connectivity index (χ4v) is 9.27. The quantitative estimate of drug-likeness (QED) is 0.294. The maximum absolute atomic E-state index is 16.0. The summed E-state index contributed by atoms with van der Waals surface area (Å²) in [6.07, 6.45) is 12.7. The fourth-order valence-electron chi connectivity index (χ4n) is 9.27. The topological polar surface area (TPSA) is 70.0 Å². The number of hydrogen-bond acceptors (Lipinski definition) is 4.